The molecule has 4 nitrogen and oxygen atoms in total. The lowest BCUT2D eigenvalue weighted by atomic mass is 9.79. The van der Waals surface area contributed by atoms with Gasteiger partial charge in [0.25, 0.3) is 0 Å². The lowest BCUT2D eigenvalue weighted by molar-refractivity contribution is -0.121. The van der Waals surface area contributed by atoms with Crippen LogP contribution >= 0.6 is 0 Å². The van der Waals surface area contributed by atoms with Gasteiger partial charge in [-0.25, -0.2) is 0 Å². The zero-order chi connectivity index (χ0) is 12.4. The van der Waals surface area contributed by atoms with E-state index in [1.54, 1.807) is 7.05 Å². The molecule has 1 aliphatic heterocycles. The molecule has 0 aromatic heterocycles. The highest BCUT2D eigenvalue weighted by Gasteiger charge is 2.37. The molecule has 0 atom stereocenters. The van der Waals surface area contributed by atoms with Crippen LogP contribution in [0.5, 0.6) is 0 Å². The Bertz CT molecular complexity index is 245. The first-order valence-corrected chi connectivity index (χ1v) is 5.97. The summed E-state index contributed by atoms with van der Waals surface area (Å²) in [5.74, 6) is 0.0843. The SMILES string of the molecule is CNCC(=O)NC1CC(C)(C)NC(C)(C)C1. The van der Waals surface area contributed by atoms with E-state index < -0.39 is 0 Å². The predicted molar refractivity (Wildman–Crippen MR) is 66.4 cm³/mol. The van der Waals surface area contributed by atoms with Gasteiger partial charge in [-0.2, -0.15) is 0 Å². The Labute approximate surface area is 98.6 Å². The predicted octanol–water partition coefficient (Wildman–Crippen LogP) is 0.631. The van der Waals surface area contributed by atoms with E-state index in [-0.39, 0.29) is 23.0 Å². The Morgan fingerprint density at radius 2 is 1.75 bits per heavy atom. The Kier molecular flexibility index (Phi) is 3.97. The number of likely N-dealkylation sites (N-methyl/N-ethyl adjacent to an activating group) is 1. The average molecular weight is 227 g/mol. The summed E-state index contributed by atoms with van der Waals surface area (Å²) in [7, 11) is 1.79. The van der Waals surface area contributed by atoms with Crippen molar-refractivity contribution in [3.63, 3.8) is 0 Å². The minimum absolute atomic E-state index is 0.0827. The Morgan fingerprint density at radius 1 is 1.25 bits per heavy atom. The van der Waals surface area contributed by atoms with Crippen molar-refractivity contribution in [2.45, 2.75) is 57.7 Å². The van der Waals surface area contributed by atoms with Crippen LogP contribution in [0.2, 0.25) is 0 Å². The van der Waals surface area contributed by atoms with Gasteiger partial charge in [-0.05, 0) is 47.6 Å². The standard InChI is InChI=1S/C12H25N3O/c1-11(2)6-9(7-12(3,4)15-11)14-10(16)8-13-5/h9,13,15H,6-8H2,1-5H3,(H,14,16). The molecular weight excluding hydrogens is 202 g/mol. The molecule has 1 saturated heterocycles. The van der Waals surface area contributed by atoms with Gasteiger partial charge in [0.05, 0.1) is 6.54 Å². The Hall–Kier alpha value is -0.610. The number of rotatable bonds is 3. The van der Waals surface area contributed by atoms with Crippen molar-refractivity contribution in [1.29, 1.82) is 0 Å². The third-order valence-corrected chi connectivity index (χ3v) is 2.89. The van der Waals surface area contributed by atoms with Gasteiger partial charge in [-0.15, -0.1) is 0 Å². The number of hydrogen-bond acceptors (Lipinski definition) is 3. The molecule has 0 saturated carbocycles. The quantitative estimate of drug-likeness (QED) is 0.663. The molecule has 4 heteroatoms. The maximum Gasteiger partial charge on any atom is 0.234 e. The summed E-state index contributed by atoms with van der Waals surface area (Å²) in [6.07, 6.45) is 1.96. The van der Waals surface area contributed by atoms with Crippen LogP contribution < -0.4 is 16.0 Å². The van der Waals surface area contributed by atoms with Gasteiger partial charge >= 0.3 is 0 Å². The summed E-state index contributed by atoms with van der Waals surface area (Å²) in [4.78, 5) is 11.5. The first-order valence-electron chi connectivity index (χ1n) is 5.97. The zero-order valence-electron chi connectivity index (χ0n) is 11.1. The van der Waals surface area contributed by atoms with Crippen LogP contribution in [-0.4, -0.2) is 36.6 Å². The maximum atomic E-state index is 11.5. The first kappa shape index (κ1) is 13.5. The second kappa shape index (κ2) is 4.72. The third-order valence-electron chi connectivity index (χ3n) is 2.89. The van der Waals surface area contributed by atoms with Gasteiger partial charge in [0.1, 0.15) is 0 Å². The molecule has 0 aliphatic carbocycles. The van der Waals surface area contributed by atoms with E-state index in [4.69, 9.17) is 0 Å². The number of piperidine rings is 1. The van der Waals surface area contributed by atoms with E-state index in [2.05, 4.69) is 43.6 Å². The summed E-state index contributed by atoms with van der Waals surface area (Å²) in [5.41, 5.74) is 0.165. The van der Waals surface area contributed by atoms with Crippen molar-refractivity contribution in [3.8, 4) is 0 Å². The van der Waals surface area contributed by atoms with Gasteiger partial charge in [0.15, 0.2) is 0 Å². The van der Waals surface area contributed by atoms with Gasteiger partial charge in [0.2, 0.25) is 5.91 Å². The van der Waals surface area contributed by atoms with Crippen LogP contribution in [-0.2, 0) is 4.79 Å². The molecule has 3 N–H and O–H groups in total. The van der Waals surface area contributed by atoms with E-state index in [0.29, 0.717) is 6.54 Å². The molecule has 0 radical (unpaired) electrons. The monoisotopic (exact) mass is 227 g/mol. The van der Waals surface area contributed by atoms with Crippen LogP contribution in [0.25, 0.3) is 0 Å². The van der Waals surface area contributed by atoms with Crippen LogP contribution in [0, 0.1) is 0 Å². The fourth-order valence-electron chi connectivity index (χ4n) is 2.86. The molecule has 0 aromatic rings. The summed E-state index contributed by atoms with van der Waals surface area (Å²) in [6.45, 7) is 9.14. The van der Waals surface area contributed by atoms with Crippen molar-refractivity contribution in [2.75, 3.05) is 13.6 Å². The molecular formula is C12H25N3O. The van der Waals surface area contributed by atoms with Gasteiger partial charge < -0.3 is 16.0 Å². The van der Waals surface area contributed by atoms with Gasteiger partial charge in [-0.3, -0.25) is 4.79 Å². The van der Waals surface area contributed by atoms with E-state index in [1.807, 2.05) is 0 Å². The smallest absolute Gasteiger partial charge is 0.234 e. The van der Waals surface area contributed by atoms with Gasteiger partial charge in [0, 0.05) is 17.1 Å². The molecule has 0 spiro atoms. The highest BCUT2D eigenvalue weighted by atomic mass is 16.1. The summed E-state index contributed by atoms with van der Waals surface area (Å²) in [6, 6.07) is 0.270. The lowest BCUT2D eigenvalue weighted by Crippen LogP contribution is -2.62. The zero-order valence-corrected chi connectivity index (χ0v) is 11.1. The largest absolute Gasteiger partial charge is 0.352 e. The molecule has 0 unspecified atom stereocenters. The summed E-state index contributed by atoms with van der Waals surface area (Å²) < 4.78 is 0. The minimum atomic E-state index is 0.0827. The minimum Gasteiger partial charge on any atom is -0.352 e. The molecule has 1 aliphatic rings. The van der Waals surface area contributed by atoms with Crippen LogP contribution in [0.4, 0.5) is 0 Å². The van der Waals surface area contributed by atoms with Crippen molar-refractivity contribution in [1.82, 2.24) is 16.0 Å². The fourth-order valence-corrected chi connectivity index (χ4v) is 2.86. The van der Waals surface area contributed by atoms with E-state index in [1.165, 1.54) is 0 Å². The van der Waals surface area contributed by atoms with Crippen LogP contribution in [0.3, 0.4) is 0 Å². The molecule has 1 amide bonds. The maximum absolute atomic E-state index is 11.5. The first-order chi connectivity index (χ1) is 7.24. The highest BCUT2D eigenvalue weighted by Crippen LogP contribution is 2.28. The second-order valence-electron chi connectivity index (χ2n) is 6.10. The van der Waals surface area contributed by atoms with E-state index in [0.717, 1.165) is 12.8 Å². The highest BCUT2D eigenvalue weighted by molar-refractivity contribution is 5.78. The molecule has 1 fully saturated rings. The molecule has 94 valence electrons. The fraction of sp³-hybridized carbons (Fsp3) is 0.917. The van der Waals surface area contributed by atoms with Crippen molar-refractivity contribution in [3.05, 3.63) is 0 Å². The average Bonchev–Trinajstić information content (AvgIpc) is 1.96. The molecule has 0 bridgehead atoms. The van der Waals surface area contributed by atoms with E-state index in [9.17, 15) is 4.79 Å². The number of nitrogens with one attached hydrogen (secondary N) is 3. The van der Waals surface area contributed by atoms with Crippen LogP contribution in [0.1, 0.15) is 40.5 Å². The lowest BCUT2D eigenvalue weighted by Gasteiger charge is -2.46. The number of hydrogen-bond donors (Lipinski definition) is 3. The number of carbonyl (C=O) groups is 1. The van der Waals surface area contributed by atoms with Crippen molar-refractivity contribution in [2.24, 2.45) is 0 Å². The van der Waals surface area contributed by atoms with Crippen molar-refractivity contribution >= 4 is 5.91 Å². The number of carbonyl (C=O) groups excluding carboxylic acids is 1. The molecule has 1 rings (SSSR count). The van der Waals surface area contributed by atoms with Gasteiger partial charge in [-0.1, -0.05) is 0 Å². The van der Waals surface area contributed by atoms with Crippen LogP contribution in [0.15, 0.2) is 0 Å². The third kappa shape index (κ3) is 4.10. The molecule has 0 aromatic carbocycles. The summed E-state index contributed by atoms with van der Waals surface area (Å²) in [5, 5.41) is 9.56. The Balaban J connectivity index is 2.57. The Morgan fingerprint density at radius 3 is 2.19 bits per heavy atom. The topological polar surface area (TPSA) is 53.2 Å². The normalized spacial score (nSPS) is 24.1. The summed E-state index contributed by atoms with van der Waals surface area (Å²) >= 11 is 0. The van der Waals surface area contributed by atoms with E-state index >= 15 is 0 Å². The van der Waals surface area contributed by atoms with Crippen molar-refractivity contribution < 1.29 is 4.79 Å². The molecule has 16 heavy (non-hydrogen) atoms. The molecule has 1 heterocycles. The number of amides is 1. The second-order valence-corrected chi connectivity index (χ2v) is 6.10.